The fourth-order valence-electron chi connectivity index (χ4n) is 0.977. The van der Waals surface area contributed by atoms with Crippen LogP contribution in [0.1, 0.15) is 0 Å². The second-order valence-corrected chi connectivity index (χ2v) is 2.21. The lowest BCUT2D eigenvalue weighted by Gasteiger charge is -1.80. The van der Waals surface area contributed by atoms with Crippen molar-refractivity contribution in [1.82, 2.24) is 4.98 Å². The van der Waals surface area contributed by atoms with Crippen LogP contribution < -0.4 is 5.79 Å². The monoisotopic (exact) mass is 149 g/mol. The van der Waals surface area contributed by atoms with Gasteiger partial charge in [0.1, 0.15) is 5.52 Å². The molecule has 0 fully saturated rings. The van der Waals surface area contributed by atoms with E-state index < -0.39 is 7.56 Å². The summed E-state index contributed by atoms with van der Waals surface area (Å²) in [6.07, 6.45) is 0. The zero-order chi connectivity index (χ0) is 7.68. The van der Waals surface area contributed by atoms with E-state index in [0.29, 0.717) is 11.1 Å². The number of hydrogen-bond acceptors (Lipinski definition) is 2. The quantitative estimate of drug-likeness (QED) is 0.559. The van der Waals surface area contributed by atoms with Crippen LogP contribution in [0, 0.1) is 0 Å². The van der Waals surface area contributed by atoms with Crippen molar-refractivity contribution in [3.05, 3.63) is 24.3 Å². The maximum absolute atomic E-state index is 12.0. The van der Waals surface area contributed by atoms with Crippen LogP contribution in [0.4, 0.5) is 4.32 Å². The van der Waals surface area contributed by atoms with E-state index in [1.54, 1.807) is 12.1 Å². The van der Waals surface area contributed by atoms with E-state index >= 15 is 0 Å². The Morgan fingerprint density at radius 1 is 1.36 bits per heavy atom. The van der Waals surface area contributed by atoms with Gasteiger partial charge in [0.05, 0.1) is 0 Å². The number of fused-ring (bicyclic) bond motifs is 1. The number of oxazole rings is 1. The maximum Gasteiger partial charge on any atom is 0.428 e. The summed E-state index contributed by atoms with van der Waals surface area (Å²) >= 11 is 0. The highest BCUT2D eigenvalue weighted by atomic mass is 19.1. The van der Waals surface area contributed by atoms with E-state index in [-0.39, 0.29) is 5.79 Å². The van der Waals surface area contributed by atoms with Crippen molar-refractivity contribution in [1.29, 1.82) is 0 Å². The lowest BCUT2D eigenvalue weighted by Crippen LogP contribution is -2.08. The van der Waals surface area contributed by atoms with Gasteiger partial charge in [-0.3, -0.25) is 0 Å². The molecule has 1 aromatic carbocycles. The van der Waals surface area contributed by atoms with Gasteiger partial charge in [0.15, 0.2) is 11.4 Å². The van der Waals surface area contributed by atoms with Gasteiger partial charge in [0.25, 0.3) is 0 Å². The summed E-state index contributed by atoms with van der Waals surface area (Å²) in [5.41, 5.74) is 1.35. The predicted octanol–water partition coefficient (Wildman–Crippen LogP) is 0.774. The Balaban J connectivity index is 2.69. The number of nitrogens with zero attached hydrogens (tertiary/aromatic N) is 1. The highest BCUT2D eigenvalue weighted by Crippen LogP contribution is 2.08. The molecule has 11 heavy (non-hydrogen) atoms. The van der Waals surface area contributed by atoms with Gasteiger partial charge in [-0.05, 0) is 12.1 Å². The summed E-state index contributed by atoms with van der Waals surface area (Å²) in [5.74, 6) is 0.145. The smallest absolute Gasteiger partial charge is 0.428 e. The first kappa shape index (κ1) is 6.40. The molecule has 0 atom stereocenters. The van der Waals surface area contributed by atoms with Gasteiger partial charge in [-0.25, -0.2) is 4.98 Å². The average molecular weight is 149 g/mol. The molecule has 0 radical (unpaired) electrons. The lowest BCUT2D eigenvalue weighted by atomic mass is 10.1. The molecule has 0 bridgehead atoms. The van der Waals surface area contributed by atoms with Crippen molar-refractivity contribution >= 4 is 24.4 Å². The largest absolute Gasteiger partial charge is 0.447 e. The standard InChI is InChI=1S/C7H5BFNO/c9-8-7-10-5-3-1-2-4-6(5)11-7/h1-4,8H. The van der Waals surface area contributed by atoms with Crippen molar-refractivity contribution in [2.75, 3.05) is 0 Å². The first-order valence-corrected chi connectivity index (χ1v) is 3.30. The van der Waals surface area contributed by atoms with E-state index in [0.717, 1.165) is 0 Å². The van der Waals surface area contributed by atoms with Crippen LogP contribution in [-0.4, -0.2) is 12.5 Å². The van der Waals surface area contributed by atoms with Gasteiger partial charge in [-0.1, -0.05) is 12.1 Å². The van der Waals surface area contributed by atoms with Gasteiger partial charge < -0.3 is 8.73 Å². The third kappa shape index (κ3) is 1.00. The molecule has 0 spiro atoms. The van der Waals surface area contributed by atoms with Crippen LogP contribution in [0.25, 0.3) is 11.1 Å². The Labute approximate surface area is 63.3 Å². The number of halogens is 1. The molecule has 0 saturated heterocycles. The number of hydrogen-bond donors (Lipinski definition) is 0. The topological polar surface area (TPSA) is 26.0 Å². The molecule has 0 N–H and O–H groups in total. The van der Waals surface area contributed by atoms with Gasteiger partial charge in [0.2, 0.25) is 0 Å². The molecule has 54 valence electrons. The molecule has 2 rings (SSSR count). The van der Waals surface area contributed by atoms with Crippen LogP contribution in [0.3, 0.4) is 0 Å². The van der Waals surface area contributed by atoms with Gasteiger partial charge in [-0.15, -0.1) is 0 Å². The third-order valence-corrected chi connectivity index (χ3v) is 1.45. The number of benzene rings is 1. The second kappa shape index (κ2) is 2.38. The molecule has 0 aliphatic heterocycles. The maximum atomic E-state index is 12.0. The predicted molar refractivity (Wildman–Crippen MR) is 41.9 cm³/mol. The third-order valence-electron chi connectivity index (χ3n) is 1.45. The summed E-state index contributed by atoms with van der Waals surface area (Å²) in [5, 5.41) is 0. The minimum Gasteiger partial charge on any atom is -0.447 e. The molecule has 2 aromatic rings. The molecule has 0 amide bonds. The summed E-state index contributed by atoms with van der Waals surface area (Å²) < 4.78 is 17.0. The molecule has 0 saturated carbocycles. The van der Waals surface area contributed by atoms with Crippen molar-refractivity contribution in [2.45, 2.75) is 0 Å². The minimum absolute atomic E-state index is 0.145. The van der Waals surface area contributed by atoms with Crippen LogP contribution >= 0.6 is 0 Å². The van der Waals surface area contributed by atoms with E-state index in [1.165, 1.54) is 0 Å². The molecule has 4 heteroatoms. The van der Waals surface area contributed by atoms with Gasteiger partial charge in [0, 0.05) is 0 Å². The van der Waals surface area contributed by atoms with E-state index in [1.807, 2.05) is 12.1 Å². The molecule has 0 unspecified atom stereocenters. The average Bonchev–Trinajstić information content (AvgIpc) is 2.46. The van der Waals surface area contributed by atoms with Crippen LogP contribution in [0.5, 0.6) is 0 Å². The molecule has 2 nitrogen and oxygen atoms in total. The lowest BCUT2D eigenvalue weighted by molar-refractivity contribution is 0.634. The molecular weight excluding hydrogens is 144 g/mol. The minimum atomic E-state index is -0.644. The highest BCUT2D eigenvalue weighted by molar-refractivity contribution is 6.43. The molecule has 1 aromatic heterocycles. The first-order valence-electron chi connectivity index (χ1n) is 3.30. The van der Waals surface area contributed by atoms with E-state index in [4.69, 9.17) is 4.42 Å². The number of para-hydroxylation sites is 2. The fourth-order valence-corrected chi connectivity index (χ4v) is 0.977. The van der Waals surface area contributed by atoms with E-state index in [2.05, 4.69) is 4.98 Å². The molecule has 0 aliphatic rings. The summed E-state index contributed by atoms with van der Waals surface area (Å²) in [6.45, 7) is 0. The van der Waals surface area contributed by atoms with E-state index in [9.17, 15) is 4.32 Å². The summed E-state index contributed by atoms with van der Waals surface area (Å²) in [6, 6.07) is 7.22. The van der Waals surface area contributed by atoms with Crippen LogP contribution in [0.15, 0.2) is 28.7 Å². The van der Waals surface area contributed by atoms with Crippen molar-refractivity contribution in [3.63, 3.8) is 0 Å². The second-order valence-electron chi connectivity index (χ2n) is 2.21. The molecular formula is C7H5BFNO. The highest BCUT2D eigenvalue weighted by Gasteiger charge is 2.04. The zero-order valence-corrected chi connectivity index (χ0v) is 5.75. The molecule has 1 heterocycles. The Morgan fingerprint density at radius 3 is 2.91 bits per heavy atom. The van der Waals surface area contributed by atoms with Gasteiger partial charge in [-0.2, -0.15) is 0 Å². The fraction of sp³-hybridized carbons (Fsp3) is 0. The van der Waals surface area contributed by atoms with Gasteiger partial charge >= 0.3 is 7.56 Å². The number of aromatic nitrogens is 1. The van der Waals surface area contributed by atoms with Crippen molar-refractivity contribution in [3.8, 4) is 0 Å². The SMILES string of the molecule is FBc1nc2ccccc2o1. The number of rotatable bonds is 1. The normalized spacial score (nSPS) is 10.3. The summed E-state index contributed by atoms with van der Waals surface area (Å²) in [4.78, 5) is 3.89. The molecule has 0 aliphatic carbocycles. The summed E-state index contributed by atoms with van der Waals surface area (Å²) in [7, 11) is -0.644. The Morgan fingerprint density at radius 2 is 2.18 bits per heavy atom. The van der Waals surface area contributed by atoms with Crippen molar-refractivity contribution in [2.24, 2.45) is 0 Å². The Kier molecular flexibility index (Phi) is 1.38. The van der Waals surface area contributed by atoms with Crippen LogP contribution in [-0.2, 0) is 0 Å². The Bertz CT molecular complexity index is 340. The Hall–Kier alpha value is -1.32. The first-order chi connectivity index (χ1) is 5.40. The van der Waals surface area contributed by atoms with Crippen molar-refractivity contribution < 1.29 is 8.73 Å². The zero-order valence-electron chi connectivity index (χ0n) is 5.75. The van der Waals surface area contributed by atoms with Crippen LogP contribution in [0.2, 0.25) is 0 Å².